The van der Waals surface area contributed by atoms with Crippen LogP contribution in [0.15, 0.2) is 42.5 Å². The van der Waals surface area contributed by atoms with E-state index in [0.717, 1.165) is 5.69 Å². The summed E-state index contributed by atoms with van der Waals surface area (Å²) in [5.41, 5.74) is 1.68. The highest BCUT2D eigenvalue weighted by Crippen LogP contribution is 2.33. The molecule has 0 unspecified atom stereocenters. The third kappa shape index (κ3) is 4.35. The fourth-order valence-electron chi connectivity index (χ4n) is 2.78. The highest BCUT2D eigenvalue weighted by atomic mass is 35.5. The third-order valence-corrected chi connectivity index (χ3v) is 4.76. The molecule has 0 fully saturated rings. The molecule has 28 heavy (non-hydrogen) atoms. The number of nitrogens with zero attached hydrogens (tertiary/aromatic N) is 2. The van der Waals surface area contributed by atoms with Crippen LogP contribution < -0.4 is 0 Å². The molecule has 7 heteroatoms. The minimum Gasteiger partial charge on any atom is -0.455 e. The van der Waals surface area contributed by atoms with Gasteiger partial charge >= 0.3 is 5.97 Å². The van der Waals surface area contributed by atoms with E-state index < -0.39 is 11.6 Å². The van der Waals surface area contributed by atoms with Gasteiger partial charge in [-0.25, -0.2) is 9.78 Å². The van der Waals surface area contributed by atoms with Gasteiger partial charge in [0.2, 0.25) is 0 Å². The Labute approximate surface area is 179 Å². The highest BCUT2D eigenvalue weighted by molar-refractivity contribution is 6.36. The molecule has 0 N–H and O–H groups in total. The van der Waals surface area contributed by atoms with Crippen molar-refractivity contribution >= 4 is 40.8 Å². The van der Waals surface area contributed by atoms with Crippen molar-refractivity contribution in [2.45, 2.75) is 33.3 Å². The van der Waals surface area contributed by atoms with Gasteiger partial charge in [-0.3, -0.25) is 4.57 Å². The second kappa shape index (κ2) is 7.78. The van der Waals surface area contributed by atoms with E-state index in [0.29, 0.717) is 32.1 Å². The smallest absolute Gasteiger partial charge is 0.359 e. The van der Waals surface area contributed by atoms with Crippen LogP contribution in [0.5, 0.6) is 0 Å². The van der Waals surface area contributed by atoms with E-state index in [1.165, 1.54) is 0 Å². The molecule has 0 aliphatic rings. The number of carbonyl (C=O) groups is 1. The molecule has 3 rings (SSSR count). The molecule has 0 aliphatic carbocycles. The molecule has 0 spiro atoms. The van der Waals surface area contributed by atoms with Gasteiger partial charge in [0.05, 0.1) is 10.7 Å². The Morgan fingerprint density at radius 2 is 1.61 bits per heavy atom. The van der Waals surface area contributed by atoms with Crippen molar-refractivity contribution in [3.63, 3.8) is 0 Å². The van der Waals surface area contributed by atoms with Gasteiger partial charge in [-0.1, -0.05) is 34.8 Å². The summed E-state index contributed by atoms with van der Waals surface area (Å²) in [5, 5.41) is 1.56. The molecule has 0 saturated carbocycles. The molecule has 2 aromatic carbocycles. The van der Waals surface area contributed by atoms with Crippen LogP contribution in [-0.4, -0.2) is 21.1 Å². The number of esters is 1. The Hall–Kier alpha value is -2.01. The summed E-state index contributed by atoms with van der Waals surface area (Å²) >= 11 is 18.5. The van der Waals surface area contributed by atoms with Crippen LogP contribution in [0.4, 0.5) is 0 Å². The maximum atomic E-state index is 12.7. The van der Waals surface area contributed by atoms with Crippen molar-refractivity contribution in [1.29, 1.82) is 0 Å². The van der Waals surface area contributed by atoms with Gasteiger partial charge in [-0.2, -0.15) is 0 Å². The summed E-state index contributed by atoms with van der Waals surface area (Å²) in [6.07, 6.45) is 0. The SMILES string of the molecule is Cc1c(C(=O)OC(C)(C)C)nc(-c2ccc(Cl)cc2Cl)n1-c1ccc(Cl)cc1. The number of aromatic nitrogens is 2. The zero-order valence-corrected chi connectivity index (χ0v) is 18.2. The monoisotopic (exact) mass is 436 g/mol. The Morgan fingerprint density at radius 1 is 1.00 bits per heavy atom. The number of rotatable bonds is 3. The van der Waals surface area contributed by atoms with E-state index in [4.69, 9.17) is 39.5 Å². The summed E-state index contributed by atoms with van der Waals surface area (Å²) in [6.45, 7) is 7.25. The zero-order valence-electron chi connectivity index (χ0n) is 15.9. The van der Waals surface area contributed by atoms with Crippen LogP contribution in [0.25, 0.3) is 17.1 Å². The average molecular weight is 438 g/mol. The van der Waals surface area contributed by atoms with E-state index in [2.05, 4.69) is 4.98 Å². The topological polar surface area (TPSA) is 44.1 Å². The zero-order chi connectivity index (χ0) is 20.6. The van der Waals surface area contributed by atoms with Gasteiger partial charge in [-0.05, 0) is 70.2 Å². The molecule has 1 heterocycles. The largest absolute Gasteiger partial charge is 0.455 e. The van der Waals surface area contributed by atoms with Crippen LogP contribution >= 0.6 is 34.8 Å². The first kappa shape index (κ1) is 20.7. The summed E-state index contributed by atoms with van der Waals surface area (Å²) in [6, 6.07) is 12.4. The van der Waals surface area contributed by atoms with Gasteiger partial charge in [0.1, 0.15) is 11.4 Å². The lowest BCUT2D eigenvalue weighted by Gasteiger charge is -2.18. The van der Waals surface area contributed by atoms with Crippen LogP contribution in [0.2, 0.25) is 15.1 Å². The molecule has 0 aliphatic heterocycles. The van der Waals surface area contributed by atoms with Crippen molar-refractivity contribution in [3.05, 3.63) is 68.9 Å². The number of hydrogen-bond donors (Lipinski definition) is 0. The molecule has 3 aromatic rings. The number of ether oxygens (including phenoxy) is 1. The van der Waals surface area contributed by atoms with Crippen molar-refractivity contribution in [2.75, 3.05) is 0 Å². The molecular weight excluding hydrogens is 419 g/mol. The van der Waals surface area contributed by atoms with Crippen molar-refractivity contribution in [1.82, 2.24) is 9.55 Å². The Morgan fingerprint density at radius 3 is 2.18 bits per heavy atom. The first-order valence-corrected chi connectivity index (χ1v) is 9.74. The quantitative estimate of drug-likeness (QED) is 0.425. The molecular formula is C21H19Cl3N2O2. The van der Waals surface area contributed by atoms with Crippen LogP contribution in [0.1, 0.15) is 37.0 Å². The maximum absolute atomic E-state index is 12.7. The lowest BCUT2D eigenvalue weighted by molar-refractivity contribution is 0.00626. The average Bonchev–Trinajstić information content (AvgIpc) is 2.91. The summed E-state index contributed by atoms with van der Waals surface area (Å²) in [7, 11) is 0. The molecule has 0 atom stereocenters. The van der Waals surface area contributed by atoms with E-state index in [9.17, 15) is 4.79 Å². The first-order valence-electron chi connectivity index (χ1n) is 8.61. The second-order valence-corrected chi connectivity index (χ2v) is 8.59. The normalized spacial score (nSPS) is 11.5. The first-order chi connectivity index (χ1) is 13.1. The van der Waals surface area contributed by atoms with Crippen molar-refractivity contribution in [3.8, 4) is 17.1 Å². The Bertz CT molecular complexity index is 1040. The summed E-state index contributed by atoms with van der Waals surface area (Å²) in [5.74, 6) is 0.0198. The molecule has 1 aromatic heterocycles. The van der Waals surface area contributed by atoms with E-state index in [1.54, 1.807) is 30.3 Å². The predicted molar refractivity (Wildman–Crippen MR) is 114 cm³/mol. The second-order valence-electron chi connectivity index (χ2n) is 7.31. The lowest BCUT2D eigenvalue weighted by atomic mass is 10.2. The molecule has 0 amide bonds. The number of imidazole rings is 1. The van der Waals surface area contributed by atoms with Gasteiger partial charge in [0, 0.05) is 21.3 Å². The molecule has 0 radical (unpaired) electrons. The lowest BCUT2D eigenvalue weighted by Crippen LogP contribution is -2.24. The number of hydrogen-bond acceptors (Lipinski definition) is 3. The van der Waals surface area contributed by atoms with Gasteiger partial charge < -0.3 is 4.74 Å². The van der Waals surface area contributed by atoms with E-state index >= 15 is 0 Å². The van der Waals surface area contributed by atoms with Crippen LogP contribution in [0.3, 0.4) is 0 Å². The summed E-state index contributed by atoms with van der Waals surface area (Å²) in [4.78, 5) is 17.3. The fourth-order valence-corrected chi connectivity index (χ4v) is 3.40. The molecule has 0 saturated heterocycles. The Balaban J connectivity index is 2.23. The number of halogens is 3. The summed E-state index contributed by atoms with van der Waals surface area (Å²) < 4.78 is 7.38. The molecule has 4 nitrogen and oxygen atoms in total. The standard InChI is InChI=1S/C21H19Cl3N2O2/c1-12-18(20(27)28-21(2,3)4)25-19(16-10-7-14(23)11-17(16)24)26(12)15-8-5-13(22)6-9-15/h5-11H,1-4H3. The van der Waals surface area contributed by atoms with Crippen molar-refractivity contribution in [2.24, 2.45) is 0 Å². The fraction of sp³-hybridized carbons (Fsp3) is 0.238. The van der Waals surface area contributed by atoms with Crippen LogP contribution in [-0.2, 0) is 4.74 Å². The van der Waals surface area contributed by atoms with E-state index in [-0.39, 0.29) is 5.69 Å². The highest BCUT2D eigenvalue weighted by Gasteiger charge is 2.26. The van der Waals surface area contributed by atoms with E-state index in [1.807, 2.05) is 44.4 Å². The molecule has 0 bridgehead atoms. The van der Waals surface area contributed by atoms with Gasteiger partial charge in [-0.15, -0.1) is 0 Å². The molecule has 146 valence electrons. The van der Waals surface area contributed by atoms with Crippen molar-refractivity contribution < 1.29 is 9.53 Å². The maximum Gasteiger partial charge on any atom is 0.359 e. The number of benzene rings is 2. The minimum absolute atomic E-state index is 0.228. The van der Waals surface area contributed by atoms with Gasteiger partial charge in [0.25, 0.3) is 0 Å². The minimum atomic E-state index is -0.633. The van der Waals surface area contributed by atoms with Crippen LogP contribution in [0, 0.1) is 6.92 Å². The number of carbonyl (C=O) groups excluding carboxylic acids is 1. The predicted octanol–water partition coefficient (Wildman–Crippen LogP) is 6.76. The third-order valence-electron chi connectivity index (χ3n) is 3.96. The van der Waals surface area contributed by atoms with Gasteiger partial charge in [0.15, 0.2) is 5.69 Å². The Kier molecular flexibility index (Phi) is 5.76.